The summed E-state index contributed by atoms with van der Waals surface area (Å²) in [5, 5.41) is 2.86. The Morgan fingerprint density at radius 2 is 2.17 bits per heavy atom. The zero-order valence-corrected chi connectivity index (χ0v) is 10.8. The van der Waals surface area contributed by atoms with Crippen molar-refractivity contribution in [3.63, 3.8) is 0 Å². The van der Waals surface area contributed by atoms with E-state index < -0.39 is 5.54 Å². The first-order valence-corrected chi connectivity index (χ1v) is 6.17. The van der Waals surface area contributed by atoms with Crippen molar-refractivity contribution in [2.24, 2.45) is 5.73 Å². The van der Waals surface area contributed by atoms with Gasteiger partial charge in [0.2, 0.25) is 5.91 Å². The highest BCUT2D eigenvalue weighted by molar-refractivity contribution is 5.85. The lowest BCUT2D eigenvalue weighted by atomic mass is 9.95. The topological polar surface area (TPSA) is 55.1 Å². The van der Waals surface area contributed by atoms with Crippen LogP contribution in [0, 0.1) is 5.82 Å². The summed E-state index contributed by atoms with van der Waals surface area (Å²) in [7, 11) is 0. The van der Waals surface area contributed by atoms with Crippen LogP contribution in [0.15, 0.2) is 24.3 Å². The zero-order valence-electron chi connectivity index (χ0n) is 10.8. The van der Waals surface area contributed by atoms with Crippen LogP contribution in [0.3, 0.4) is 0 Å². The molecule has 0 bridgehead atoms. The first-order valence-electron chi connectivity index (χ1n) is 6.17. The Labute approximate surface area is 107 Å². The maximum absolute atomic E-state index is 13.2. The summed E-state index contributed by atoms with van der Waals surface area (Å²) in [5.41, 5.74) is 5.70. The molecule has 1 saturated carbocycles. The Kier molecular flexibility index (Phi) is 3.15. The van der Waals surface area contributed by atoms with Gasteiger partial charge in [-0.05, 0) is 44.4 Å². The van der Waals surface area contributed by atoms with E-state index in [1.165, 1.54) is 6.07 Å². The minimum atomic E-state index is -0.877. The van der Waals surface area contributed by atoms with Gasteiger partial charge in [-0.25, -0.2) is 4.39 Å². The second-order valence-electron chi connectivity index (χ2n) is 5.70. The third-order valence-electron chi connectivity index (χ3n) is 3.46. The summed E-state index contributed by atoms with van der Waals surface area (Å²) >= 11 is 0. The van der Waals surface area contributed by atoms with E-state index >= 15 is 0 Å². The largest absolute Gasteiger partial charge is 0.354 e. The van der Waals surface area contributed by atoms with Crippen molar-refractivity contribution in [3.8, 4) is 0 Å². The Morgan fingerprint density at radius 3 is 2.67 bits per heavy atom. The third kappa shape index (κ3) is 2.70. The van der Waals surface area contributed by atoms with E-state index in [0.29, 0.717) is 6.54 Å². The molecule has 0 radical (unpaired) electrons. The number of carbonyl (C=O) groups excluding carboxylic acids is 1. The van der Waals surface area contributed by atoms with E-state index in [0.717, 1.165) is 18.4 Å². The number of nitrogens with one attached hydrogen (secondary N) is 1. The van der Waals surface area contributed by atoms with Gasteiger partial charge in [0.15, 0.2) is 0 Å². The monoisotopic (exact) mass is 250 g/mol. The molecule has 1 amide bonds. The summed E-state index contributed by atoms with van der Waals surface area (Å²) in [6, 6.07) is 6.60. The molecule has 0 spiro atoms. The van der Waals surface area contributed by atoms with Crippen LogP contribution in [0.25, 0.3) is 0 Å². The van der Waals surface area contributed by atoms with Crippen LogP contribution in [-0.2, 0) is 10.2 Å². The van der Waals surface area contributed by atoms with Gasteiger partial charge in [0, 0.05) is 12.0 Å². The maximum atomic E-state index is 13.2. The molecule has 3 nitrogen and oxygen atoms in total. The minimum absolute atomic E-state index is 0.0942. The van der Waals surface area contributed by atoms with Gasteiger partial charge in [0.1, 0.15) is 5.82 Å². The van der Waals surface area contributed by atoms with Crippen LogP contribution in [0.4, 0.5) is 4.39 Å². The highest BCUT2D eigenvalue weighted by atomic mass is 19.1. The lowest BCUT2D eigenvalue weighted by molar-refractivity contribution is -0.125. The quantitative estimate of drug-likeness (QED) is 0.854. The van der Waals surface area contributed by atoms with Gasteiger partial charge >= 0.3 is 0 Å². The van der Waals surface area contributed by atoms with E-state index in [4.69, 9.17) is 5.73 Å². The van der Waals surface area contributed by atoms with E-state index in [2.05, 4.69) is 5.32 Å². The molecule has 0 atom stereocenters. The van der Waals surface area contributed by atoms with Gasteiger partial charge in [0.25, 0.3) is 0 Å². The number of hydrogen-bond acceptors (Lipinski definition) is 2. The smallest absolute Gasteiger partial charge is 0.239 e. The Bertz CT molecular complexity index is 461. The first-order chi connectivity index (χ1) is 8.33. The number of rotatable bonds is 4. The minimum Gasteiger partial charge on any atom is -0.354 e. The Hall–Kier alpha value is -1.42. The summed E-state index contributed by atoms with van der Waals surface area (Å²) in [5.74, 6) is -0.408. The SMILES string of the molecule is CC(C)(N)C(=O)NCC1(c2cccc(F)c2)CC1. The predicted octanol–water partition coefficient (Wildman–Crippen LogP) is 1.71. The number of nitrogens with two attached hydrogens (primary N) is 1. The summed E-state index contributed by atoms with van der Waals surface area (Å²) in [4.78, 5) is 11.7. The highest BCUT2D eigenvalue weighted by Crippen LogP contribution is 2.47. The molecule has 18 heavy (non-hydrogen) atoms. The standard InChI is InChI=1S/C14H19FN2O/c1-13(2,16)12(18)17-9-14(6-7-14)10-4-3-5-11(15)8-10/h3-5,8H,6-7,9,16H2,1-2H3,(H,17,18). The molecule has 0 unspecified atom stereocenters. The number of amides is 1. The summed E-state index contributed by atoms with van der Waals surface area (Å²) < 4.78 is 13.2. The first kappa shape index (κ1) is 13.0. The zero-order chi connectivity index (χ0) is 13.4. The van der Waals surface area contributed by atoms with Crippen molar-refractivity contribution >= 4 is 5.91 Å². The molecule has 0 saturated heterocycles. The van der Waals surface area contributed by atoms with Gasteiger partial charge < -0.3 is 11.1 Å². The summed E-state index contributed by atoms with van der Waals surface area (Å²) in [6.45, 7) is 3.87. The second-order valence-corrected chi connectivity index (χ2v) is 5.70. The van der Waals surface area contributed by atoms with Crippen LogP contribution < -0.4 is 11.1 Å². The molecule has 0 aromatic heterocycles. The van der Waals surface area contributed by atoms with Crippen molar-refractivity contribution in [3.05, 3.63) is 35.6 Å². The molecule has 1 aromatic carbocycles. The fourth-order valence-electron chi connectivity index (χ4n) is 2.01. The molecule has 3 N–H and O–H groups in total. The van der Waals surface area contributed by atoms with Crippen molar-refractivity contribution in [2.75, 3.05) is 6.54 Å². The molecule has 0 aliphatic heterocycles. The Morgan fingerprint density at radius 1 is 1.50 bits per heavy atom. The average Bonchev–Trinajstić information content (AvgIpc) is 3.05. The number of hydrogen-bond donors (Lipinski definition) is 2. The van der Waals surface area contributed by atoms with Crippen LogP contribution in [0.1, 0.15) is 32.3 Å². The number of carbonyl (C=O) groups is 1. The van der Waals surface area contributed by atoms with Crippen molar-refractivity contribution in [1.29, 1.82) is 0 Å². The molecule has 4 heteroatoms. The van der Waals surface area contributed by atoms with Crippen molar-refractivity contribution < 1.29 is 9.18 Å². The molecule has 0 heterocycles. The van der Waals surface area contributed by atoms with Gasteiger partial charge in [-0.2, -0.15) is 0 Å². The second kappa shape index (κ2) is 4.35. The van der Waals surface area contributed by atoms with E-state index in [-0.39, 0.29) is 17.1 Å². The van der Waals surface area contributed by atoms with Gasteiger partial charge in [-0.15, -0.1) is 0 Å². The van der Waals surface area contributed by atoms with Gasteiger partial charge in [-0.1, -0.05) is 12.1 Å². The normalized spacial score (nSPS) is 17.3. The third-order valence-corrected chi connectivity index (χ3v) is 3.46. The lowest BCUT2D eigenvalue weighted by Gasteiger charge is -2.22. The highest BCUT2D eigenvalue weighted by Gasteiger charge is 2.44. The molecule has 1 aliphatic carbocycles. The van der Waals surface area contributed by atoms with Crippen LogP contribution >= 0.6 is 0 Å². The van der Waals surface area contributed by atoms with Crippen LogP contribution in [0.5, 0.6) is 0 Å². The van der Waals surface area contributed by atoms with Crippen molar-refractivity contribution in [1.82, 2.24) is 5.32 Å². The molecule has 2 rings (SSSR count). The predicted molar refractivity (Wildman–Crippen MR) is 68.6 cm³/mol. The molecular formula is C14H19FN2O. The van der Waals surface area contributed by atoms with Crippen molar-refractivity contribution in [2.45, 2.75) is 37.6 Å². The number of benzene rings is 1. The maximum Gasteiger partial charge on any atom is 0.239 e. The molecule has 98 valence electrons. The molecule has 1 aromatic rings. The fraction of sp³-hybridized carbons (Fsp3) is 0.500. The average molecular weight is 250 g/mol. The molecular weight excluding hydrogens is 231 g/mol. The van der Waals surface area contributed by atoms with E-state index in [1.807, 2.05) is 6.07 Å². The van der Waals surface area contributed by atoms with Crippen LogP contribution in [-0.4, -0.2) is 18.0 Å². The van der Waals surface area contributed by atoms with Crippen LogP contribution in [0.2, 0.25) is 0 Å². The summed E-state index contributed by atoms with van der Waals surface area (Å²) in [6.07, 6.45) is 1.95. The lowest BCUT2D eigenvalue weighted by Crippen LogP contribution is -2.50. The van der Waals surface area contributed by atoms with E-state index in [9.17, 15) is 9.18 Å². The van der Waals surface area contributed by atoms with E-state index in [1.54, 1.807) is 26.0 Å². The van der Waals surface area contributed by atoms with Gasteiger partial charge in [0.05, 0.1) is 5.54 Å². The molecule has 1 fully saturated rings. The molecule has 1 aliphatic rings. The fourth-order valence-corrected chi connectivity index (χ4v) is 2.01. The van der Waals surface area contributed by atoms with Gasteiger partial charge in [-0.3, -0.25) is 4.79 Å². The Balaban J connectivity index is 2.03. The number of halogens is 1.